The number of pyridine rings is 1. The van der Waals surface area contributed by atoms with Crippen LogP contribution in [0.25, 0.3) is 0 Å². The molecule has 0 aliphatic rings. The van der Waals surface area contributed by atoms with E-state index in [1.165, 1.54) is 13.3 Å². The molecule has 0 saturated heterocycles. The van der Waals surface area contributed by atoms with Crippen molar-refractivity contribution in [1.82, 2.24) is 10.3 Å². The van der Waals surface area contributed by atoms with Crippen LogP contribution >= 0.6 is 0 Å². The number of carbonyl (C=O) groups is 1. The fraction of sp³-hybridized carbons (Fsp3) is 0.455. The van der Waals surface area contributed by atoms with E-state index in [4.69, 9.17) is 9.47 Å². The van der Waals surface area contributed by atoms with Gasteiger partial charge in [0.1, 0.15) is 11.5 Å². The first kappa shape index (κ1) is 22.6. The summed E-state index contributed by atoms with van der Waals surface area (Å²) >= 11 is 0. The molecule has 0 unspecified atom stereocenters. The molecule has 1 amide bonds. The Morgan fingerprint density at radius 2 is 1.86 bits per heavy atom. The van der Waals surface area contributed by atoms with Crippen LogP contribution in [-0.2, 0) is 5.41 Å². The van der Waals surface area contributed by atoms with Gasteiger partial charge >= 0.3 is 0 Å². The zero-order valence-corrected chi connectivity index (χ0v) is 17.7. The molecular weight excluding hydrogens is 378 g/mol. The largest absolute Gasteiger partial charge is 0.496 e. The maximum Gasteiger partial charge on any atom is 0.278 e. The molecule has 1 aromatic carbocycles. The number of nitrogens with one attached hydrogen (secondary N) is 1. The third-order valence-corrected chi connectivity index (χ3v) is 4.35. The second kappa shape index (κ2) is 8.76. The first-order valence-corrected chi connectivity index (χ1v) is 9.36. The van der Waals surface area contributed by atoms with Crippen molar-refractivity contribution in [3.63, 3.8) is 0 Å². The Hall–Kier alpha value is -2.70. The van der Waals surface area contributed by atoms with E-state index in [-0.39, 0.29) is 17.1 Å². The maximum absolute atomic E-state index is 12.9. The van der Waals surface area contributed by atoms with Crippen molar-refractivity contribution < 1.29 is 23.0 Å². The second-order valence-electron chi connectivity index (χ2n) is 8.14. The third kappa shape index (κ3) is 6.41. The maximum atomic E-state index is 12.9. The molecular formula is C22H28F2N2O3. The number of carbonyl (C=O) groups excluding carboxylic acids is 1. The lowest BCUT2D eigenvalue weighted by Gasteiger charge is -2.21. The molecule has 5 nitrogen and oxygen atoms in total. The van der Waals surface area contributed by atoms with Gasteiger partial charge in [0.2, 0.25) is 0 Å². The van der Waals surface area contributed by atoms with Crippen molar-refractivity contribution in [3.05, 3.63) is 53.3 Å². The van der Waals surface area contributed by atoms with E-state index >= 15 is 0 Å². The molecule has 7 heteroatoms. The number of rotatable bonds is 7. The highest BCUT2D eigenvalue weighted by Gasteiger charge is 2.23. The number of nitrogens with zero attached hydrogens (tertiary/aromatic N) is 1. The van der Waals surface area contributed by atoms with Crippen LogP contribution in [0.4, 0.5) is 8.78 Å². The predicted octanol–water partition coefficient (Wildman–Crippen LogP) is 4.91. The lowest BCUT2D eigenvalue weighted by atomic mass is 9.86. The standard InChI is InChI=1S/C22H28F2N2O3/c1-14(18-10-8-16(12-25-18)29-13-22(5,23)24)26-20(27)17-9-7-15(21(2,3)4)11-19(17)28-6/h7-12,14H,13H2,1-6H3,(H,26,27)/t14-/m0/s1. The van der Waals surface area contributed by atoms with E-state index in [0.29, 0.717) is 17.0 Å². The summed E-state index contributed by atoms with van der Waals surface area (Å²) in [6.45, 7) is 8.12. The highest BCUT2D eigenvalue weighted by Crippen LogP contribution is 2.29. The number of methoxy groups -OCH3 is 1. The van der Waals surface area contributed by atoms with E-state index in [0.717, 1.165) is 12.5 Å². The SMILES string of the molecule is COc1cc(C(C)(C)C)ccc1C(=O)N[C@@H](C)c1ccc(OCC(C)(F)F)cn1. The number of hydrogen-bond acceptors (Lipinski definition) is 4. The molecule has 1 N–H and O–H groups in total. The molecule has 0 aliphatic heterocycles. The molecule has 29 heavy (non-hydrogen) atoms. The minimum absolute atomic E-state index is 0.0644. The Kier molecular flexibility index (Phi) is 6.82. The number of aromatic nitrogens is 1. The van der Waals surface area contributed by atoms with Crippen molar-refractivity contribution in [2.45, 2.75) is 52.0 Å². The van der Waals surface area contributed by atoms with Gasteiger partial charge in [-0.05, 0) is 42.2 Å². The third-order valence-electron chi connectivity index (χ3n) is 4.35. The minimum atomic E-state index is -2.92. The molecule has 0 bridgehead atoms. The van der Waals surface area contributed by atoms with E-state index < -0.39 is 18.6 Å². The molecule has 2 aromatic rings. The molecule has 0 radical (unpaired) electrons. The molecule has 1 atom stereocenters. The lowest BCUT2D eigenvalue weighted by Crippen LogP contribution is -2.28. The number of ether oxygens (including phenoxy) is 2. The number of alkyl halides is 2. The highest BCUT2D eigenvalue weighted by molar-refractivity contribution is 5.97. The first-order valence-electron chi connectivity index (χ1n) is 9.36. The fourth-order valence-electron chi connectivity index (χ4n) is 2.64. The number of benzene rings is 1. The van der Waals surface area contributed by atoms with Crippen LogP contribution in [0.2, 0.25) is 0 Å². The zero-order chi connectivity index (χ0) is 21.8. The first-order chi connectivity index (χ1) is 13.4. The minimum Gasteiger partial charge on any atom is -0.496 e. The molecule has 1 heterocycles. The average Bonchev–Trinajstić information content (AvgIpc) is 2.64. The van der Waals surface area contributed by atoms with Gasteiger partial charge in [-0.1, -0.05) is 26.8 Å². The summed E-state index contributed by atoms with van der Waals surface area (Å²) in [6.07, 6.45) is 1.36. The molecule has 2 rings (SSSR count). The van der Waals surface area contributed by atoms with Gasteiger partial charge in [-0.15, -0.1) is 0 Å². The fourth-order valence-corrected chi connectivity index (χ4v) is 2.64. The molecule has 1 aromatic heterocycles. The van der Waals surface area contributed by atoms with Crippen molar-refractivity contribution in [2.75, 3.05) is 13.7 Å². The van der Waals surface area contributed by atoms with Gasteiger partial charge < -0.3 is 14.8 Å². The predicted molar refractivity (Wildman–Crippen MR) is 108 cm³/mol. The van der Waals surface area contributed by atoms with Gasteiger partial charge in [0.15, 0.2) is 6.61 Å². The summed E-state index contributed by atoms with van der Waals surface area (Å²) in [5.74, 6) is -2.46. The van der Waals surface area contributed by atoms with E-state index in [2.05, 4.69) is 31.1 Å². The monoisotopic (exact) mass is 406 g/mol. The van der Waals surface area contributed by atoms with Gasteiger partial charge in [-0.2, -0.15) is 0 Å². The van der Waals surface area contributed by atoms with Crippen LogP contribution in [-0.4, -0.2) is 30.5 Å². The second-order valence-corrected chi connectivity index (χ2v) is 8.14. The molecule has 158 valence electrons. The van der Waals surface area contributed by atoms with Crippen LogP contribution in [0.15, 0.2) is 36.5 Å². The summed E-state index contributed by atoms with van der Waals surface area (Å²) in [7, 11) is 1.53. The topological polar surface area (TPSA) is 60.5 Å². The number of halogens is 2. The summed E-state index contributed by atoms with van der Waals surface area (Å²) in [4.78, 5) is 16.9. The zero-order valence-electron chi connectivity index (χ0n) is 17.7. The number of hydrogen-bond donors (Lipinski definition) is 1. The van der Waals surface area contributed by atoms with E-state index in [1.54, 1.807) is 25.1 Å². The van der Waals surface area contributed by atoms with Crippen LogP contribution in [0.5, 0.6) is 11.5 Å². The van der Waals surface area contributed by atoms with Crippen LogP contribution in [0, 0.1) is 0 Å². The Bertz CT molecular complexity index is 841. The van der Waals surface area contributed by atoms with Crippen molar-refractivity contribution in [3.8, 4) is 11.5 Å². The molecule has 0 saturated carbocycles. The van der Waals surface area contributed by atoms with Gasteiger partial charge in [0.05, 0.1) is 30.6 Å². The molecule has 0 spiro atoms. The summed E-state index contributed by atoms with van der Waals surface area (Å²) < 4.78 is 36.2. The summed E-state index contributed by atoms with van der Waals surface area (Å²) in [5.41, 5.74) is 2.01. The summed E-state index contributed by atoms with van der Waals surface area (Å²) in [6, 6.07) is 8.32. The van der Waals surface area contributed by atoms with Crippen molar-refractivity contribution in [1.29, 1.82) is 0 Å². The Morgan fingerprint density at radius 1 is 1.17 bits per heavy atom. The number of amides is 1. The van der Waals surface area contributed by atoms with Gasteiger partial charge in [0, 0.05) is 6.92 Å². The Labute approximate surface area is 170 Å². The van der Waals surface area contributed by atoms with Crippen LogP contribution in [0.1, 0.15) is 62.3 Å². The average molecular weight is 406 g/mol. The van der Waals surface area contributed by atoms with E-state index in [9.17, 15) is 13.6 Å². The summed E-state index contributed by atoms with van der Waals surface area (Å²) in [5, 5.41) is 2.88. The van der Waals surface area contributed by atoms with Crippen molar-refractivity contribution >= 4 is 5.91 Å². The molecule has 0 aliphatic carbocycles. The van der Waals surface area contributed by atoms with Crippen LogP contribution in [0.3, 0.4) is 0 Å². The Morgan fingerprint density at radius 3 is 2.38 bits per heavy atom. The lowest BCUT2D eigenvalue weighted by molar-refractivity contribution is -0.0230. The molecule has 0 fully saturated rings. The van der Waals surface area contributed by atoms with Crippen molar-refractivity contribution in [2.24, 2.45) is 0 Å². The quantitative estimate of drug-likeness (QED) is 0.710. The highest BCUT2D eigenvalue weighted by atomic mass is 19.3. The Balaban J connectivity index is 2.08. The van der Waals surface area contributed by atoms with E-state index in [1.807, 2.05) is 12.1 Å². The van der Waals surface area contributed by atoms with Gasteiger partial charge in [0.25, 0.3) is 11.8 Å². The van der Waals surface area contributed by atoms with Crippen LogP contribution < -0.4 is 14.8 Å². The van der Waals surface area contributed by atoms with Gasteiger partial charge in [-0.25, -0.2) is 8.78 Å². The van der Waals surface area contributed by atoms with Gasteiger partial charge in [-0.3, -0.25) is 9.78 Å². The normalized spacial score (nSPS) is 13.0. The smallest absolute Gasteiger partial charge is 0.278 e.